The van der Waals surface area contributed by atoms with Crippen LogP contribution in [0, 0.1) is 0 Å². The third kappa shape index (κ3) is 1.75. The largest absolute Gasteiger partial charge is 0.286 e. The number of rotatable bonds is 2. The number of benzene rings is 1. The average Bonchev–Trinajstić information content (AvgIpc) is 2.26. The van der Waals surface area contributed by atoms with E-state index in [9.17, 15) is 9.59 Å². The number of carbonyl (C=O) groups is 2. The van der Waals surface area contributed by atoms with Crippen LogP contribution in [0.25, 0.3) is 5.57 Å². The van der Waals surface area contributed by atoms with Gasteiger partial charge in [-0.15, -0.1) is 0 Å². The highest BCUT2D eigenvalue weighted by Crippen LogP contribution is 2.27. The van der Waals surface area contributed by atoms with E-state index in [4.69, 9.17) is 0 Å². The Morgan fingerprint density at radius 3 is 2.40 bits per heavy atom. The van der Waals surface area contributed by atoms with Gasteiger partial charge in [-0.25, -0.2) is 0 Å². The van der Waals surface area contributed by atoms with Gasteiger partial charge in [-0.1, -0.05) is 24.3 Å². The molecule has 2 rings (SSSR count). The number of thiol groups is 1. The Hall–Kier alpha value is -1.35. The van der Waals surface area contributed by atoms with E-state index in [1.807, 2.05) is 12.1 Å². The number of hydrogen-bond acceptors (Lipinski definition) is 3. The van der Waals surface area contributed by atoms with Crippen LogP contribution in [0.1, 0.15) is 22.3 Å². The lowest BCUT2D eigenvalue weighted by atomic mass is 9.88. The number of allylic oxidation sites excluding steroid dienone is 2. The summed E-state index contributed by atoms with van der Waals surface area (Å²) in [6, 6.07) is 7.21. The molecule has 0 aliphatic heterocycles. The van der Waals surface area contributed by atoms with Gasteiger partial charge in [0.15, 0.2) is 0 Å². The molecule has 0 bridgehead atoms. The first-order valence-corrected chi connectivity index (χ1v) is 5.37. The quantitative estimate of drug-likeness (QED) is 0.609. The minimum Gasteiger partial charge on any atom is -0.286 e. The predicted octanol–water partition coefficient (Wildman–Crippen LogP) is 2.16. The first-order valence-electron chi connectivity index (χ1n) is 4.73. The molecule has 0 heterocycles. The molecule has 0 amide bonds. The Labute approximate surface area is 93.4 Å². The first kappa shape index (κ1) is 10.2. The van der Waals surface area contributed by atoms with Crippen LogP contribution in [0.5, 0.6) is 0 Å². The predicted molar refractivity (Wildman–Crippen MR) is 62.2 cm³/mol. The fourth-order valence-electron chi connectivity index (χ4n) is 1.72. The third-order valence-electron chi connectivity index (χ3n) is 2.43. The maximum atomic E-state index is 11.6. The molecule has 0 fully saturated rings. The van der Waals surface area contributed by atoms with Crippen LogP contribution < -0.4 is 0 Å². The monoisotopic (exact) mass is 218 g/mol. The van der Waals surface area contributed by atoms with E-state index in [0.29, 0.717) is 17.7 Å². The summed E-state index contributed by atoms with van der Waals surface area (Å²) in [4.78, 5) is 22.9. The van der Waals surface area contributed by atoms with Crippen LogP contribution >= 0.6 is 12.6 Å². The van der Waals surface area contributed by atoms with E-state index in [0.717, 1.165) is 11.1 Å². The van der Waals surface area contributed by atoms with E-state index in [-0.39, 0.29) is 0 Å². The molecule has 0 saturated carbocycles. The van der Waals surface area contributed by atoms with E-state index in [2.05, 4.69) is 12.6 Å². The first-order chi connectivity index (χ1) is 7.24. The molecule has 0 atom stereocenters. The lowest BCUT2D eigenvalue weighted by Crippen LogP contribution is -2.18. The van der Waals surface area contributed by atoms with Gasteiger partial charge in [0, 0.05) is 5.56 Å². The summed E-state index contributed by atoms with van der Waals surface area (Å²) >= 11 is 4.14. The van der Waals surface area contributed by atoms with Gasteiger partial charge in [0.1, 0.15) is 0 Å². The second-order valence-corrected chi connectivity index (χ2v) is 3.83. The maximum Gasteiger partial charge on any atom is 0.233 e. The maximum absolute atomic E-state index is 11.6. The van der Waals surface area contributed by atoms with Gasteiger partial charge in [0.05, 0.1) is 0 Å². The summed E-state index contributed by atoms with van der Waals surface area (Å²) in [5.74, 6) is -0.166. The lowest BCUT2D eigenvalue weighted by Gasteiger charge is -2.14. The summed E-state index contributed by atoms with van der Waals surface area (Å²) < 4.78 is 0. The Balaban J connectivity index is 2.55. The van der Waals surface area contributed by atoms with Crippen molar-refractivity contribution in [1.29, 1.82) is 0 Å². The zero-order valence-electron chi connectivity index (χ0n) is 8.06. The van der Waals surface area contributed by atoms with E-state index in [1.54, 1.807) is 12.1 Å². The fraction of sp³-hybridized carbons (Fsp3) is 0.167. The summed E-state index contributed by atoms with van der Waals surface area (Å²) in [6.07, 6.45) is 2.14. The zero-order valence-corrected chi connectivity index (χ0v) is 8.96. The molecular weight excluding hydrogens is 208 g/mol. The van der Waals surface area contributed by atoms with Gasteiger partial charge in [-0.3, -0.25) is 9.59 Å². The molecule has 3 heteroatoms. The molecule has 1 aromatic carbocycles. The number of Topliss-reactive ketones (excluding diaryl/α,β-unsaturated/α-hetero) is 1. The Morgan fingerprint density at radius 2 is 1.73 bits per heavy atom. The van der Waals surface area contributed by atoms with Crippen LogP contribution in [0.15, 0.2) is 30.3 Å². The van der Waals surface area contributed by atoms with Gasteiger partial charge in [-0.2, -0.15) is 12.6 Å². The third-order valence-corrected chi connectivity index (χ3v) is 2.65. The number of carbonyl (C=O) groups excluding carboxylic acids is 2. The van der Waals surface area contributed by atoms with Crippen molar-refractivity contribution < 1.29 is 9.59 Å². The SMILES string of the molecule is O=C1C=C(CCS)c2ccccc2C1=O. The molecule has 1 aliphatic rings. The van der Waals surface area contributed by atoms with Crippen LogP contribution in [-0.4, -0.2) is 17.3 Å². The average molecular weight is 218 g/mol. The minimum atomic E-state index is -0.425. The van der Waals surface area contributed by atoms with Crippen molar-refractivity contribution in [2.75, 3.05) is 5.75 Å². The smallest absolute Gasteiger partial charge is 0.233 e. The Bertz CT molecular complexity index is 460. The Kier molecular flexibility index (Phi) is 2.73. The van der Waals surface area contributed by atoms with Gasteiger partial charge >= 0.3 is 0 Å². The van der Waals surface area contributed by atoms with Crippen molar-refractivity contribution in [3.05, 3.63) is 41.5 Å². The van der Waals surface area contributed by atoms with Crippen molar-refractivity contribution in [2.45, 2.75) is 6.42 Å². The highest BCUT2D eigenvalue weighted by molar-refractivity contribution is 7.80. The van der Waals surface area contributed by atoms with E-state index >= 15 is 0 Å². The van der Waals surface area contributed by atoms with Gasteiger partial charge < -0.3 is 0 Å². The number of ketones is 2. The lowest BCUT2D eigenvalue weighted by molar-refractivity contribution is -0.111. The summed E-state index contributed by atoms with van der Waals surface area (Å²) in [5.41, 5.74) is 2.29. The standard InChI is InChI=1S/C12H10O2S/c13-11-7-8(5-6-15)9-3-1-2-4-10(9)12(11)14/h1-4,7,15H,5-6H2. The summed E-state index contributed by atoms with van der Waals surface area (Å²) in [5, 5.41) is 0. The van der Waals surface area contributed by atoms with Crippen molar-refractivity contribution in [3.8, 4) is 0 Å². The second kappa shape index (κ2) is 4.03. The van der Waals surface area contributed by atoms with Crippen LogP contribution in [-0.2, 0) is 4.79 Å². The second-order valence-electron chi connectivity index (χ2n) is 3.38. The van der Waals surface area contributed by atoms with Crippen molar-refractivity contribution in [2.24, 2.45) is 0 Å². The minimum absolute atomic E-state index is 0.409. The molecule has 1 aliphatic carbocycles. The van der Waals surface area contributed by atoms with Gasteiger partial charge in [0.25, 0.3) is 0 Å². The highest BCUT2D eigenvalue weighted by atomic mass is 32.1. The molecule has 1 aromatic rings. The van der Waals surface area contributed by atoms with Gasteiger partial charge in [0.2, 0.25) is 11.6 Å². The van der Waals surface area contributed by atoms with E-state index < -0.39 is 11.6 Å². The molecule has 0 radical (unpaired) electrons. The van der Waals surface area contributed by atoms with Crippen LogP contribution in [0.3, 0.4) is 0 Å². The van der Waals surface area contributed by atoms with Crippen molar-refractivity contribution in [1.82, 2.24) is 0 Å². The van der Waals surface area contributed by atoms with Gasteiger partial charge in [-0.05, 0) is 29.4 Å². The molecule has 0 spiro atoms. The topological polar surface area (TPSA) is 34.1 Å². The van der Waals surface area contributed by atoms with Crippen LogP contribution in [0.4, 0.5) is 0 Å². The fourth-order valence-corrected chi connectivity index (χ4v) is 1.96. The molecule has 15 heavy (non-hydrogen) atoms. The molecule has 0 saturated heterocycles. The molecule has 0 unspecified atom stereocenters. The van der Waals surface area contributed by atoms with Crippen molar-refractivity contribution >= 4 is 29.8 Å². The van der Waals surface area contributed by atoms with Crippen molar-refractivity contribution in [3.63, 3.8) is 0 Å². The number of fused-ring (bicyclic) bond motifs is 1. The van der Waals surface area contributed by atoms with E-state index in [1.165, 1.54) is 6.08 Å². The number of hydrogen-bond donors (Lipinski definition) is 1. The summed E-state index contributed by atoms with van der Waals surface area (Å²) in [7, 11) is 0. The molecular formula is C12H10O2S. The normalized spacial score (nSPS) is 14.9. The Morgan fingerprint density at radius 1 is 1.07 bits per heavy atom. The molecule has 76 valence electrons. The molecule has 0 N–H and O–H groups in total. The highest BCUT2D eigenvalue weighted by Gasteiger charge is 2.24. The van der Waals surface area contributed by atoms with Crippen LogP contribution in [0.2, 0.25) is 0 Å². The molecule has 0 aromatic heterocycles. The molecule has 2 nitrogen and oxygen atoms in total. The summed E-state index contributed by atoms with van der Waals surface area (Å²) in [6.45, 7) is 0. The zero-order chi connectivity index (χ0) is 10.8.